The van der Waals surface area contributed by atoms with E-state index < -0.39 is 0 Å². The molecule has 0 aliphatic carbocycles. The molecule has 0 saturated heterocycles. The van der Waals surface area contributed by atoms with Crippen LogP contribution in [0.4, 0.5) is 5.69 Å². The molecule has 0 spiro atoms. The van der Waals surface area contributed by atoms with Crippen molar-refractivity contribution in [3.8, 4) is 5.75 Å². The monoisotopic (exact) mass is 225 g/mol. The molecule has 0 bridgehead atoms. The first-order valence-corrected chi connectivity index (χ1v) is 5.29. The molecular formula is C10H11NO3S. The lowest BCUT2D eigenvalue weighted by Crippen LogP contribution is -2.14. The van der Waals surface area contributed by atoms with E-state index >= 15 is 0 Å². The van der Waals surface area contributed by atoms with Crippen LogP contribution >= 0.6 is 11.8 Å². The van der Waals surface area contributed by atoms with Crippen LogP contribution in [0.1, 0.15) is 6.92 Å². The van der Waals surface area contributed by atoms with Crippen molar-refractivity contribution >= 4 is 28.5 Å². The van der Waals surface area contributed by atoms with Crippen molar-refractivity contribution in [3.63, 3.8) is 0 Å². The van der Waals surface area contributed by atoms with Crippen molar-refractivity contribution in [1.29, 1.82) is 0 Å². The molecule has 1 aromatic rings. The number of carbonyl (C=O) groups is 2. The largest absolute Gasteiger partial charge is 0.506 e. The number of hydrogen-bond acceptors (Lipinski definition) is 4. The highest BCUT2D eigenvalue weighted by Crippen LogP contribution is 2.21. The van der Waals surface area contributed by atoms with Crippen LogP contribution in [0.25, 0.3) is 0 Å². The smallest absolute Gasteiger partial charge is 0.234 e. The zero-order chi connectivity index (χ0) is 11.3. The third-order valence-electron chi connectivity index (χ3n) is 1.58. The molecule has 1 aromatic carbocycles. The highest BCUT2D eigenvalue weighted by atomic mass is 32.2. The molecule has 1 rings (SSSR count). The summed E-state index contributed by atoms with van der Waals surface area (Å²) in [7, 11) is 0. The quantitative estimate of drug-likeness (QED) is 0.767. The number of hydrogen-bond donors (Lipinski definition) is 2. The van der Waals surface area contributed by atoms with Crippen LogP contribution in [-0.4, -0.2) is 21.9 Å². The molecule has 80 valence electrons. The molecule has 5 heteroatoms. The van der Waals surface area contributed by atoms with Gasteiger partial charge in [0.15, 0.2) is 5.12 Å². The van der Waals surface area contributed by atoms with E-state index in [9.17, 15) is 14.7 Å². The second kappa shape index (κ2) is 5.41. The Kier molecular flexibility index (Phi) is 4.17. The van der Waals surface area contributed by atoms with Gasteiger partial charge < -0.3 is 10.4 Å². The minimum Gasteiger partial charge on any atom is -0.506 e. The maximum atomic E-state index is 11.3. The van der Waals surface area contributed by atoms with E-state index in [1.807, 2.05) is 0 Å². The maximum Gasteiger partial charge on any atom is 0.234 e. The summed E-state index contributed by atoms with van der Waals surface area (Å²) in [5, 5.41) is 11.7. The van der Waals surface area contributed by atoms with Gasteiger partial charge in [-0.2, -0.15) is 0 Å². The van der Waals surface area contributed by atoms with E-state index in [1.165, 1.54) is 13.0 Å². The Morgan fingerprint density at radius 3 is 2.67 bits per heavy atom. The number of carbonyl (C=O) groups excluding carboxylic acids is 2. The van der Waals surface area contributed by atoms with Gasteiger partial charge in [-0.1, -0.05) is 23.9 Å². The fourth-order valence-electron chi connectivity index (χ4n) is 0.933. The SMILES string of the molecule is CC(=O)SCC(=O)Nc1ccccc1O. The van der Waals surface area contributed by atoms with Crippen LogP contribution in [0, 0.1) is 0 Å². The molecule has 0 aromatic heterocycles. The Labute approximate surface area is 91.7 Å². The third-order valence-corrected chi connectivity index (χ3v) is 2.40. The number of benzene rings is 1. The fraction of sp³-hybridized carbons (Fsp3) is 0.200. The highest BCUT2D eigenvalue weighted by Gasteiger charge is 2.06. The molecule has 15 heavy (non-hydrogen) atoms. The van der Waals surface area contributed by atoms with Crippen LogP contribution < -0.4 is 5.32 Å². The first-order valence-electron chi connectivity index (χ1n) is 4.31. The zero-order valence-electron chi connectivity index (χ0n) is 8.19. The number of nitrogens with one attached hydrogen (secondary N) is 1. The lowest BCUT2D eigenvalue weighted by Gasteiger charge is -2.05. The van der Waals surface area contributed by atoms with E-state index in [0.717, 1.165) is 11.8 Å². The molecule has 4 nitrogen and oxygen atoms in total. The minimum absolute atomic E-state index is 0.0127. The van der Waals surface area contributed by atoms with E-state index in [1.54, 1.807) is 18.2 Å². The molecule has 0 radical (unpaired) electrons. The van der Waals surface area contributed by atoms with Gasteiger partial charge in [0.1, 0.15) is 5.75 Å². The van der Waals surface area contributed by atoms with Gasteiger partial charge in [0.05, 0.1) is 11.4 Å². The van der Waals surface area contributed by atoms with Crippen LogP contribution in [0.3, 0.4) is 0 Å². The van der Waals surface area contributed by atoms with Crippen molar-refractivity contribution in [2.75, 3.05) is 11.1 Å². The molecule has 1 amide bonds. The molecule has 0 aliphatic rings. The average molecular weight is 225 g/mol. The number of phenolic OH excluding ortho intramolecular Hbond substituents is 1. The van der Waals surface area contributed by atoms with Crippen molar-refractivity contribution in [1.82, 2.24) is 0 Å². The predicted molar refractivity (Wildman–Crippen MR) is 59.9 cm³/mol. The van der Waals surface area contributed by atoms with Gasteiger partial charge >= 0.3 is 0 Å². The van der Waals surface area contributed by atoms with Gasteiger partial charge in [-0.25, -0.2) is 0 Å². The summed E-state index contributed by atoms with van der Waals surface area (Å²) in [6.07, 6.45) is 0. The van der Waals surface area contributed by atoms with Gasteiger partial charge in [-0.3, -0.25) is 9.59 Å². The van der Waals surface area contributed by atoms with Gasteiger partial charge in [-0.05, 0) is 12.1 Å². The van der Waals surface area contributed by atoms with Crippen molar-refractivity contribution in [2.45, 2.75) is 6.92 Å². The Hall–Kier alpha value is -1.49. The molecule has 0 fully saturated rings. The number of rotatable bonds is 3. The second-order valence-electron chi connectivity index (χ2n) is 2.85. The summed E-state index contributed by atoms with van der Waals surface area (Å²) < 4.78 is 0. The number of anilines is 1. The topological polar surface area (TPSA) is 66.4 Å². The molecule has 2 N–H and O–H groups in total. The number of amides is 1. The van der Waals surface area contributed by atoms with Crippen LogP contribution in [-0.2, 0) is 9.59 Å². The number of aromatic hydroxyl groups is 1. The summed E-state index contributed by atoms with van der Waals surface area (Å²) in [5.74, 6) is -0.237. The number of phenols is 1. The molecule has 0 aliphatic heterocycles. The second-order valence-corrected chi connectivity index (χ2v) is 4.00. The molecule has 0 heterocycles. The predicted octanol–water partition coefficient (Wildman–Crippen LogP) is 1.61. The van der Waals surface area contributed by atoms with Crippen molar-refractivity contribution < 1.29 is 14.7 Å². The first kappa shape index (κ1) is 11.6. The normalized spacial score (nSPS) is 9.67. The zero-order valence-corrected chi connectivity index (χ0v) is 9.00. The Morgan fingerprint density at radius 1 is 1.40 bits per heavy atom. The molecule has 0 saturated carbocycles. The van der Waals surface area contributed by atoms with E-state index in [-0.39, 0.29) is 22.5 Å². The van der Waals surface area contributed by atoms with Crippen LogP contribution in [0.5, 0.6) is 5.75 Å². The summed E-state index contributed by atoms with van der Waals surface area (Å²) in [5.41, 5.74) is 0.353. The number of thioether (sulfide) groups is 1. The highest BCUT2D eigenvalue weighted by molar-refractivity contribution is 8.14. The van der Waals surface area contributed by atoms with Crippen LogP contribution in [0.2, 0.25) is 0 Å². The van der Waals surface area contributed by atoms with E-state index in [4.69, 9.17) is 0 Å². The summed E-state index contributed by atoms with van der Waals surface area (Å²) in [6.45, 7) is 1.40. The van der Waals surface area contributed by atoms with Gasteiger partial charge in [-0.15, -0.1) is 0 Å². The first-order chi connectivity index (χ1) is 7.09. The summed E-state index contributed by atoms with van der Waals surface area (Å²) in [4.78, 5) is 21.9. The lowest BCUT2D eigenvalue weighted by atomic mass is 10.3. The Morgan fingerprint density at radius 2 is 2.07 bits per heavy atom. The van der Waals surface area contributed by atoms with Crippen molar-refractivity contribution in [3.05, 3.63) is 24.3 Å². The molecular weight excluding hydrogens is 214 g/mol. The minimum atomic E-state index is -0.309. The summed E-state index contributed by atoms with van der Waals surface area (Å²) >= 11 is 0.932. The fourth-order valence-corrected chi connectivity index (χ4v) is 1.34. The third kappa shape index (κ3) is 4.03. The van der Waals surface area contributed by atoms with Gasteiger partial charge in [0.25, 0.3) is 0 Å². The molecule has 0 atom stereocenters. The van der Waals surface area contributed by atoms with E-state index in [2.05, 4.69) is 5.32 Å². The summed E-state index contributed by atoms with van der Waals surface area (Å²) in [6, 6.07) is 6.43. The standard InChI is InChI=1S/C10H11NO3S/c1-7(12)15-6-10(14)11-8-4-2-3-5-9(8)13/h2-5,13H,6H2,1H3,(H,11,14). The maximum absolute atomic E-state index is 11.3. The Balaban J connectivity index is 2.52. The van der Waals surface area contributed by atoms with Gasteiger partial charge in [0.2, 0.25) is 5.91 Å². The van der Waals surface area contributed by atoms with Crippen molar-refractivity contribution in [2.24, 2.45) is 0 Å². The molecule has 0 unspecified atom stereocenters. The van der Waals surface area contributed by atoms with E-state index in [0.29, 0.717) is 5.69 Å². The lowest BCUT2D eigenvalue weighted by molar-refractivity contribution is -0.114. The average Bonchev–Trinajstić information content (AvgIpc) is 2.18. The Bertz CT molecular complexity index is 379. The number of para-hydroxylation sites is 2. The van der Waals surface area contributed by atoms with Gasteiger partial charge in [0, 0.05) is 6.92 Å². The van der Waals surface area contributed by atoms with Crippen LogP contribution in [0.15, 0.2) is 24.3 Å².